The monoisotopic (exact) mass is 347 g/mol. The van der Waals surface area contributed by atoms with Crippen molar-refractivity contribution >= 4 is 17.4 Å². The molecule has 0 aliphatic heterocycles. The third-order valence-electron chi connectivity index (χ3n) is 4.19. The van der Waals surface area contributed by atoms with Crippen molar-refractivity contribution in [2.24, 2.45) is 0 Å². The highest BCUT2D eigenvalue weighted by Gasteiger charge is 2.13. The summed E-state index contributed by atoms with van der Waals surface area (Å²) in [6.07, 6.45) is 0. The lowest BCUT2D eigenvalue weighted by Gasteiger charge is -2.12. The molecular weight excluding hydrogens is 330 g/mol. The van der Waals surface area contributed by atoms with Crippen LogP contribution in [0, 0.1) is 11.3 Å². The Balaban J connectivity index is 2.14. The Bertz CT molecular complexity index is 937. The molecule has 3 rings (SSSR count). The number of pyridine rings is 1. The third-order valence-corrected chi connectivity index (χ3v) is 4.44. The molecule has 0 atom stereocenters. The molecule has 0 amide bonds. The van der Waals surface area contributed by atoms with E-state index in [-0.39, 0.29) is 5.82 Å². The number of aromatic nitrogens is 1. The van der Waals surface area contributed by atoms with Crippen LogP contribution in [0.5, 0.6) is 0 Å². The number of nitriles is 1. The molecule has 0 aliphatic carbocycles. The summed E-state index contributed by atoms with van der Waals surface area (Å²) in [4.78, 5) is 4.39. The summed E-state index contributed by atoms with van der Waals surface area (Å²) in [5.74, 6) is 0.689. The molecule has 1 heterocycles. The molecule has 0 fully saturated rings. The zero-order chi connectivity index (χ0) is 18.0. The molecule has 2 N–H and O–H groups in total. The van der Waals surface area contributed by atoms with Gasteiger partial charge in [-0.25, -0.2) is 4.98 Å². The van der Waals surface area contributed by atoms with Crippen molar-refractivity contribution < 1.29 is 0 Å². The van der Waals surface area contributed by atoms with Crippen LogP contribution < -0.4 is 5.73 Å². The highest BCUT2D eigenvalue weighted by molar-refractivity contribution is 6.30. The minimum absolute atomic E-state index is 0.234. The second kappa shape index (κ2) is 6.96. The first-order valence-corrected chi connectivity index (χ1v) is 8.44. The van der Waals surface area contributed by atoms with Crippen molar-refractivity contribution in [3.8, 4) is 28.5 Å². The number of benzene rings is 2. The molecule has 0 saturated heterocycles. The molecule has 0 radical (unpaired) electrons. The van der Waals surface area contributed by atoms with E-state index in [9.17, 15) is 5.26 Å². The lowest BCUT2D eigenvalue weighted by Crippen LogP contribution is -2.00. The van der Waals surface area contributed by atoms with Gasteiger partial charge in [0, 0.05) is 16.1 Å². The van der Waals surface area contributed by atoms with Crippen LogP contribution in [0.15, 0.2) is 54.6 Å². The Morgan fingerprint density at radius 3 is 2.16 bits per heavy atom. The summed E-state index contributed by atoms with van der Waals surface area (Å²) < 4.78 is 0. The fraction of sp³-hybridized carbons (Fsp3) is 0.143. The Labute approximate surface area is 152 Å². The normalized spacial score (nSPS) is 10.7. The Kier molecular flexibility index (Phi) is 4.74. The number of nitrogen functional groups attached to an aromatic ring is 1. The molecule has 0 saturated carbocycles. The van der Waals surface area contributed by atoms with Crippen molar-refractivity contribution in [1.82, 2.24) is 4.98 Å². The van der Waals surface area contributed by atoms with E-state index < -0.39 is 0 Å². The first-order valence-electron chi connectivity index (χ1n) is 8.06. The van der Waals surface area contributed by atoms with E-state index in [2.05, 4.69) is 37.0 Å². The summed E-state index contributed by atoms with van der Waals surface area (Å²) in [5, 5.41) is 10.2. The van der Waals surface area contributed by atoms with Crippen LogP contribution in [0.3, 0.4) is 0 Å². The molecule has 1 aromatic heterocycles. The molecule has 2 aromatic carbocycles. The van der Waals surface area contributed by atoms with E-state index in [0.29, 0.717) is 16.5 Å². The second-order valence-corrected chi connectivity index (χ2v) is 6.65. The van der Waals surface area contributed by atoms with Crippen molar-refractivity contribution in [2.45, 2.75) is 19.8 Å². The molecule has 124 valence electrons. The number of rotatable bonds is 3. The van der Waals surface area contributed by atoms with Crippen molar-refractivity contribution in [3.63, 3.8) is 0 Å². The van der Waals surface area contributed by atoms with Gasteiger partial charge in [-0.2, -0.15) is 5.26 Å². The van der Waals surface area contributed by atoms with Gasteiger partial charge in [-0.1, -0.05) is 61.8 Å². The summed E-state index contributed by atoms with van der Waals surface area (Å²) in [7, 11) is 0. The highest BCUT2D eigenvalue weighted by Crippen LogP contribution is 2.32. The SMILES string of the molecule is CC(C)c1ccc(-c2cc(-c3ccc(Cl)cc3)nc(N)c2C#N)cc1. The molecule has 25 heavy (non-hydrogen) atoms. The number of nitrogens with two attached hydrogens (primary N) is 1. The number of nitrogens with zero attached hydrogens (tertiary/aromatic N) is 2. The van der Waals surface area contributed by atoms with Crippen LogP contribution in [-0.2, 0) is 0 Å². The molecule has 0 bridgehead atoms. The lowest BCUT2D eigenvalue weighted by molar-refractivity contribution is 0.867. The van der Waals surface area contributed by atoms with Crippen molar-refractivity contribution in [2.75, 3.05) is 5.73 Å². The van der Waals surface area contributed by atoms with Gasteiger partial charge in [0.25, 0.3) is 0 Å². The molecule has 3 nitrogen and oxygen atoms in total. The first-order chi connectivity index (χ1) is 12.0. The maximum atomic E-state index is 9.51. The standard InChI is InChI=1S/C21H18ClN3/c1-13(2)14-3-5-15(6-4-14)18-11-20(25-21(24)19(18)12-23)16-7-9-17(22)10-8-16/h3-11,13H,1-2H3,(H2,24,25). The molecule has 4 heteroatoms. The van der Waals surface area contributed by atoms with Gasteiger partial charge >= 0.3 is 0 Å². The number of anilines is 1. The molecule has 3 aromatic rings. The predicted molar refractivity (Wildman–Crippen MR) is 103 cm³/mol. The van der Waals surface area contributed by atoms with Crippen LogP contribution in [-0.4, -0.2) is 4.98 Å². The smallest absolute Gasteiger partial charge is 0.142 e. The molecule has 0 unspecified atom stereocenters. The van der Waals surface area contributed by atoms with E-state index in [1.165, 1.54) is 5.56 Å². The van der Waals surface area contributed by atoms with Gasteiger partial charge in [0.2, 0.25) is 0 Å². The quantitative estimate of drug-likeness (QED) is 0.666. The summed E-state index contributed by atoms with van der Waals surface area (Å²) in [5.41, 5.74) is 11.1. The van der Waals surface area contributed by atoms with Gasteiger partial charge in [0.1, 0.15) is 17.5 Å². The lowest BCUT2D eigenvalue weighted by atomic mass is 9.95. The van der Waals surface area contributed by atoms with Gasteiger partial charge in [-0.3, -0.25) is 0 Å². The van der Waals surface area contributed by atoms with E-state index in [1.807, 2.05) is 42.5 Å². The van der Waals surface area contributed by atoms with Crippen LogP contribution >= 0.6 is 11.6 Å². The predicted octanol–water partition coefficient (Wildman–Crippen LogP) is 5.65. The van der Waals surface area contributed by atoms with Crippen LogP contribution in [0.1, 0.15) is 30.9 Å². The van der Waals surface area contributed by atoms with Gasteiger partial charge in [-0.15, -0.1) is 0 Å². The summed E-state index contributed by atoms with van der Waals surface area (Å²) in [6.45, 7) is 4.30. The molecule has 0 spiro atoms. The average Bonchev–Trinajstić information content (AvgIpc) is 2.61. The Morgan fingerprint density at radius 2 is 1.60 bits per heavy atom. The van der Waals surface area contributed by atoms with E-state index in [1.54, 1.807) is 0 Å². The van der Waals surface area contributed by atoms with Crippen LogP contribution in [0.4, 0.5) is 5.82 Å². The van der Waals surface area contributed by atoms with E-state index in [0.717, 1.165) is 22.4 Å². The average molecular weight is 348 g/mol. The fourth-order valence-corrected chi connectivity index (χ4v) is 2.85. The van der Waals surface area contributed by atoms with Gasteiger partial charge in [0.05, 0.1) is 5.69 Å². The Morgan fingerprint density at radius 1 is 1.00 bits per heavy atom. The van der Waals surface area contributed by atoms with Gasteiger partial charge in [-0.05, 0) is 35.2 Å². The summed E-state index contributed by atoms with van der Waals surface area (Å²) >= 11 is 5.96. The number of hydrogen-bond acceptors (Lipinski definition) is 3. The fourth-order valence-electron chi connectivity index (χ4n) is 2.73. The maximum absolute atomic E-state index is 9.51. The highest BCUT2D eigenvalue weighted by atomic mass is 35.5. The topological polar surface area (TPSA) is 62.7 Å². The van der Waals surface area contributed by atoms with Crippen LogP contribution in [0.2, 0.25) is 5.02 Å². The zero-order valence-corrected chi connectivity index (χ0v) is 14.9. The number of hydrogen-bond donors (Lipinski definition) is 1. The largest absolute Gasteiger partial charge is 0.383 e. The second-order valence-electron chi connectivity index (χ2n) is 6.21. The first kappa shape index (κ1) is 17.0. The number of halogens is 1. The van der Waals surface area contributed by atoms with Gasteiger partial charge < -0.3 is 5.73 Å². The minimum atomic E-state index is 0.234. The van der Waals surface area contributed by atoms with E-state index >= 15 is 0 Å². The third kappa shape index (κ3) is 3.50. The molecule has 0 aliphatic rings. The zero-order valence-electron chi connectivity index (χ0n) is 14.1. The summed E-state index contributed by atoms with van der Waals surface area (Å²) in [6, 6.07) is 19.7. The Hall–Kier alpha value is -2.83. The van der Waals surface area contributed by atoms with Crippen molar-refractivity contribution in [1.29, 1.82) is 5.26 Å². The minimum Gasteiger partial charge on any atom is -0.383 e. The van der Waals surface area contributed by atoms with Crippen molar-refractivity contribution in [3.05, 3.63) is 70.7 Å². The van der Waals surface area contributed by atoms with E-state index in [4.69, 9.17) is 17.3 Å². The maximum Gasteiger partial charge on any atom is 0.142 e. The molecular formula is C21H18ClN3. The van der Waals surface area contributed by atoms with Gasteiger partial charge in [0.15, 0.2) is 0 Å². The van der Waals surface area contributed by atoms with Crippen LogP contribution in [0.25, 0.3) is 22.4 Å².